The molecular weight excluding hydrogens is 388 g/mol. The second-order valence-corrected chi connectivity index (χ2v) is 6.95. The van der Waals surface area contributed by atoms with Crippen molar-refractivity contribution in [2.75, 3.05) is 20.3 Å². The number of carbonyl (C=O) groups excluding carboxylic acids is 2. The molecule has 8 nitrogen and oxygen atoms in total. The van der Waals surface area contributed by atoms with Crippen molar-refractivity contribution in [2.45, 2.75) is 39.3 Å². The molecule has 8 heteroatoms. The topological polar surface area (TPSA) is 107 Å². The van der Waals surface area contributed by atoms with Gasteiger partial charge in [0.1, 0.15) is 17.9 Å². The van der Waals surface area contributed by atoms with E-state index in [0.717, 1.165) is 18.4 Å². The van der Waals surface area contributed by atoms with Crippen LogP contribution in [0.15, 0.2) is 41.3 Å². The maximum Gasteiger partial charge on any atom is 0.339 e. The summed E-state index contributed by atoms with van der Waals surface area (Å²) in [7, 11) is 1.42. The van der Waals surface area contributed by atoms with Crippen LogP contribution in [0.5, 0.6) is 5.75 Å². The number of ether oxygens (including phenoxy) is 2. The fourth-order valence-corrected chi connectivity index (χ4v) is 2.70. The number of benzene rings is 1. The molecule has 1 unspecified atom stereocenters. The number of carbonyl (C=O) groups is 2. The van der Waals surface area contributed by atoms with E-state index in [0.29, 0.717) is 5.75 Å². The van der Waals surface area contributed by atoms with Crippen molar-refractivity contribution in [2.24, 2.45) is 0 Å². The third-order valence-electron chi connectivity index (χ3n) is 4.27. The number of nitrogens with zero attached hydrogens (tertiary/aromatic N) is 1. The van der Waals surface area contributed by atoms with Gasteiger partial charge in [0, 0.05) is 13.2 Å². The standard InChI is InChI=1S/C22H28N2O6/c1-4-5-9-29-22(28)17-11-19(20(26)23-3)21(27)24(13-17)12-16-7-6-8-18(10-16)30-14-15(2)25/h6-8,10-11,13,15,25H,4-5,9,12,14H2,1-3H3,(H,23,26). The lowest BCUT2D eigenvalue weighted by molar-refractivity contribution is 0.0498. The molecule has 30 heavy (non-hydrogen) atoms. The Hall–Kier alpha value is -3.13. The molecule has 1 heterocycles. The van der Waals surface area contributed by atoms with E-state index in [4.69, 9.17) is 9.47 Å². The van der Waals surface area contributed by atoms with Crippen molar-refractivity contribution >= 4 is 11.9 Å². The van der Waals surface area contributed by atoms with E-state index in [-0.39, 0.29) is 30.9 Å². The minimum atomic E-state index is -0.609. The third-order valence-corrected chi connectivity index (χ3v) is 4.27. The SMILES string of the molecule is CCCCOC(=O)c1cc(C(=O)NC)c(=O)n(Cc2cccc(OCC(C)O)c2)c1. The number of aliphatic hydroxyl groups is 1. The number of unbranched alkanes of at least 4 members (excludes halogenated alkanes) is 1. The van der Waals surface area contributed by atoms with Gasteiger partial charge in [0.15, 0.2) is 0 Å². The van der Waals surface area contributed by atoms with Gasteiger partial charge in [-0.1, -0.05) is 25.5 Å². The van der Waals surface area contributed by atoms with Crippen molar-refractivity contribution in [3.8, 4) is 5.75 Å². The summed E-state index contributed by atoms with van der Waals surface area (Å²) in [5.41, 5.74) is 0.212. The van der Waals surface area contributed by atoms with Gasteiger partial charge in [-0.2, -0.15) is 0 Å². The molecule has 1 amide bonds. The highest BCUT2D eigenvalue weighted by Gasteiger charge is 2.18. The van der Waals surface area contributed by atoms with Crippen LogP contribution in [0.25, 0.3) is 0 Å². The maximum atomic E-state index is 12.8. The molecule has 0 saturated carbocycles. The lowest BCUT2D eigenvalue weighted by Crippen LogP contribution is -2.32. The Morgan fingerprint density at radius 3 is 2.70 bits per heavy atom. The predicted octanol–water partition coefficient (Wildman–Crippen LogP) is 1.97. The van der Waals surface area contributed by atoms with Crippen molar-refractivity contribution in [1.29, 1.82) is 0 Å². The Kier molecular flexibility index (Phi) is 8.61. The molecule has 2 aromatic rings. The zero-order chi connectivity index (χ0) is 22.1. The van der Waals surface area contributed by atoms with Crippen molar-refractivity contribution in [3.63, 3.8) is 0 Å². The quantitative estimate of drug-likeness (QED) is 0.453. The number of aromatic nitrogens is 1. The first kappa shape index (κ1) is 23.2. The lowest BCUT2D eigenvalue weighted by atomic mass is 10.1. The van der Waals surface area contributed by atoms with Gasteiger partial charge in [-0.15, -0.1) is 0 Å². The Morgan fingerprint density at radius 2 is 2.03 bits per heavy atom. The summed E-state index contributed by atoms with van der Waals surface area (Å²) >= 11 is 0. The highest BCUT2D eigenvalue weighted by molar-refractivity contribution is 5.97. The average Bonchev–Trinajstić information content (AvgIpc) is 2.73. The number of esters is 1. The van der Waals surface area contributed by atoms with E-state index < -0.39 is 23.5 Å². The van der Waals surface area contributed by atoms with Crippen molar-refractivity contribution in [1.82, 2.24) is 9.88 Å². The molecular formula is C22H28N2O6. The molecule has 0 aliphatic carbocycles. The van der Waals surface area contributed by atoms with Gasteiger partial charge in [0.25, 0.3) is 11.5 Å². The molecule has 0 aliphatic rings. The van der Waals surface area contributed by atoms with Crippen LogP contribution in [0.3, 0.4) is 0 Å². The molecule has 2 N–H and O–H groups in total. The molecule has 0 bridgehead atoms. The Balaban J connectivity index is 2.35. The first-order valence-corrected chi connectivity index (χ1v) is 9.89. The zero-order valence-corrected chi connectivity index (χ0v) is 17.5. The summed E-state index contributed by atoms with van der Waals surface area (Å²) < 4.78 is 12.0. The van der Waals surface area contributed by atoms with E-state index in [1.807, 2.05) is 6.92 Å². The number of nitrogens with one attached hydrogen (secondary N) is 1. The monoisotopic (exact) mass is 416 g/mol. The van der Waals surface area contributed by atoms with Crippen LogP contribution in [0, 0.1) is 0 Å². The van der Waals surface area contributed by atoms with Crippen LogP contribution in [0.1, 0.15) is 53.0 Å². The second-order valence-electron chi connectivity index (χ2n) is 6.95. The zero-order valence-electron chi connectivity index (χ0n) is 17.5. The minimum absolute atomic E-state index is 0.130. The molecule has 2 rings (SSSR count). The van der Waals surface area contributed by atoms with Gasteiger partial charge >= 0.3 is 5.97 Å². The van der Waals surface area contributed by atoms with E-state index in [1.54, 1.807) is 31.2 Å². The fraction of sp³-hybridized carbons (Fsp3) is 0.409. The molecule has 0 aliphatic heterocycles. The van der Waals surface area contributed by atoms with Crippen molar-refractivity contribution in [3.05, 3.63) is 63.6 Å². The van der Waals surface area contributed by atoms with Crippen molar-refractivity contribution < 1.29 is 24.2 Å². The van der Waals surface area contributed by atoms with Crippen LogP contribution < -0.4 is 15.6 Å². The third kappa shape index (κ3) is 6.45. The van der Waals surface area contributed by atoms with E-state index in [2.05, 4.69) is 5.32 Å². The molecule has 1 atom stereocenters. The Bertz CT molecular complexity index is 935. The van der Waals surface area contributed by atoms with Gasteiger partial charge in [-0.05, 0) is 37.1 Å². The van der Waals surface area contributed by atoms with Crippen LogP contribution in [0.2, 0.25) is 0 Å². The van der Waals surface area contributed by atoms with E-state index in [9.17, 15) is 19.5 Å². The maximum absolute atomic E-state index is 12.8. The number of hydrogen-bond acceptors (Lipinski definition) is 6. The minimum Gasteiger partial charge on any atom is -0.491 e. The highest BCUT2D eigenvalue weighted by atomic mass is 16.5. The predicted molar refractivity (Wildman–Crippen MR) is 112 cm³/mol. The normalized spacial score (nSPS) is 11.6. The lowest BCUT2D eigenvalue weighted by Gasteiger charge is -2.13. The van der Waals surface area contributed by atoms with Crippen LogP contribution >= 0.6 is 0 Å². The van der Waals surface area contributed by atoms with Crippen LogP contribution in [-0.2, 0) is 11.3 Å². The Labute approximate surface area is 175 Å². The van der Waals surface area contributed by atoms with E-state index in [1.165, 1.54) is 23.9 Å². The molecule has 0 fully saturated rings. The summed E-state index contributed by atoms with van der Waals surface area (Å²) in [6.45, 7) is 4.14. The number of rotatable bonds is 10. The summed E-state index contributed by atoms with van der Waals surface area (Å²) in [6, 6.07) is 8.30. The number of aliphatic hydroxyl groups excluding tert-OH is 1. The largest absolute Gasteiger partial charge is 0.491 e. The van der Waals surface area contributed by atoms with Gasteiger partial charge < -0.3 is 24.5 Å². The molecule has 0 saturated heterocycles. The molecule has 162 valence electrons. The molecule has 0 spiro atoms. The molecule has 1 aromatic carbocycles. The van der Waals surface area contributed by atoms with Gasteiger partial charge in [0.2, 0.25) is 0 Å². The fourth-order valence-electron chi connectivity index (χ4n) is 2.70. The highest BCUT2D eigenvalue weighted by Crippen LogP contribution is 2.15. The van der Waals surface area contributed by atoms with E-state index >= 15 is 0 Å². The average molecular weight is 416 g/mol. The summed E-state index contributed by atoms with van der Waals surface area (Å²) in [5.74, 6) is -0.620. The smallest absolute Gasteiger partial charge is 0.339 e. The number of hydrogen-bond donors (Lipinski definition) is 2. The molecule has 1 aromatic heterocycles. The van der Waals surface area contributed by atoms with Gasteiger partial charge in [-0.25, -0.2) is 4.79 Å². The van der Waals surface area contributed by atoms with Crippen LogP contribution in [0.4, 0.5) is 0 Å². The summed E-state index contributed by atoms with van der Waals surface area (Å²) in [6.07, 6.45) is 2.39. The first-order chi connectivity index (χ1) is 14.3. The second kappa shape index (κ2) is 11.2. The molecule has 0 radical (unpaired) electrons. The number of amides is 1. The Morgan fingerprint density at radius 1 is 1.27 bits per heavy atom. The van der Waals surface area contributed by atoms with Crippen LogP contribution in [-0.4, -0.2) is 47.9 Å². The summed E-state index contributed by atoms with van der Waals surface area (Å²) in [5, 5.41) is 11.8. The number of pyridine rings is 1. The summed E-state index contributed by atoms with van der Waals surface area (Å²) in [4.78, 5) is 37.3. The van der Waals surface area contributed by atoms with Gasteiger partial charge in [0.05, 0.1) is 24.8 Å². The first-order valence-electron chi connectivity index (χ1n) is 9.89. The van der Waals surface area contributed by atoms with Gasteiger partial charge in [-0.3, -0.25) is 9.59 Å².